The zero-order valence-corrected chi connectivity index (χ0v) is 10.0. The zero-order valence-electron chi connectivity index (χ0n) is 8.42. The highest BCUT2D eigenvalue weighted by atomic mass is 79.9. The van der Waals surface area contributed by atoms with E-state index in [0.717, 1.165) is 6.07 Å². The van der Waals surface area contributed by atoms with Crippen LogP contribution in [0.2, 0.25) is 0 Å². The Bertz CT molecular complexity index is 562. The lowest BCUT2D eigenvalue weighted by molar-refractivity contribution is 0.504. The summed E-state index contributed by atoms with van der Waals surface area (Å²) in [7, 11) is 0. The van der Waals surface area contributed by atoms with Crippen molar-refractivity contribution in [3.8, 4) is 11.4 Å². The number of nitrogens with two attached hydrogens (primary N) is 1. The quantitative estimate of drug-likeness (QED) is 0.508. The Morgan fingerprint density at radius 1 is 1.24 bits per heavy atom. The molecule has 17 heavy (non-hydrogen) atoms. The summed E-state index contributed by atoms with van der Waals surface area (Å²) in [5.74, 6) is 3.91. The van der Waals surface area contributed by atoms with E-state index >= 15 is 0 Å². The summed E-state index contributed by atoms with van der Waals surface area (Å²) in [6.45, 7) is 0. The molecule has 0 radical (unpaired) electrons. The average Bonchev–Trinajstić information content (AvgIpc) is 2.36. The number of benzene rings is 1. The predicted molar refractivity (Wildman–Crippen MR) is 62.9 cm³/mol. The molecule has 0 spiro atoms. The zero-order chi connectivity index (χ0) is 12.4. The van der Waals surface area contributed by atoms with Crippen LogP contribution in [0.25, 0.3) is 11.4 Å². The van der Waals surface area contributed by atoms with Crippen LogP contribution in [0.3, 0.4) is 0 Å². The molecule has 0 amide bonds. The van der Waals surface area contributed by atoms with E-state index in [1.165, 1.54) is 12.3 Å². The molecule has 0 saturated heterocycles. The standard InChI is InChI=1S/C10H7BrF2N4/c11-8-5(1-2-6(12)9(8)13)10-15-4-3-7(16-10)17-14/h1-4H,14H2,(H,15,16,17). The monoisotopic (exact) mass is 300 g/mol. The molecule has 1 aromatic carbocycles. The number of nitrogen functional groups attached to an aromatic ring is 1. The van der Waals surface area contributed by atoms with Gasteiger partial charge in [-0.2, -0.15) is 0 Å². The molecule has 1 aromatic heterocycles. The Hall–Kier alpha value is -1.60. The fourth-order valence-corrected chi connectivity index (χ4v) is 1.77. The van der Waals surface area contributed by atoms with Gasteiger partial charge in [-0.1, -0.05) is 0 Å². The van der Waals surface area contributed by atoms with Gasteiger partial charge in [-0.15, -0.1) is 0 Å². The molecule has 1 heterocycles. The summed E-state index contributed by atoms with van der Waals surface area (Å²) in [6, 6.07) is 3.96. The molecule has 0 unspecified atom stereocenters. The lowest BCUT2D eigenvalue weighted by atomic mass is 10.2. The van der Waals surface area contributed by atoms with E-state index in [1.54, 1.807) is 6.07 Å². The largest absolute Gasteiger partial charge is 0.308 e. The van der Waals surface area contributed by atoms with Crippen molar-refractivity contribution in [2.75, 3.05) is 5.43 Å². The third-order valence-electron chi connectivity index (χ3n) is 2.08. The molecular weight excluding hydrogens is 294 g/mol. The summed E-state index contributed by atoms with van der Waals surface area (Å²) in [6.07, 6.45) is 1.46. The number of nitrogens with one attached hydrogen (secondary N) is 1. The Labute approximate surface area is 104 Å². The second kappa shape index (κ2) is 4.72. The van der Waals surface area contributed by atoms with Gasteiger partial charge in [0, 0.05) is 17.8 Å². The van der Waals surface area contributed by atoms with E-state index in [9.17, 15) is 8.78 Å². The first kappa shape index (κ1) is 11.9. The van der Waals surface area contributed by atoms with Crippen LogP contribution >= 0.6 is 15.9 Å². The third-order valence-corrected chi connectivity index (χ3v) is 2.85. The van der Waals surface area contributed by atoms with E-state index in [-0.39, 0.29) is 10.3 Å². The van der Waals surface area contributed by atoms with Crippen LogP contribution in [0, 0.1) is 11.6 Å². The number of hydrazine groups is 1. The summed E-state index contributed by atoms with van der Waals surface area (Å²) < 4.78 is 26.3. The van der Waals surface area contributed by atoms with Gasteiger partial charge in [0.15, 0.2) is 17.5 Å². The summed E-state index contributed by atoms with van der Waals surface area (Å²) in [4.78, 5) is 7.99. The number of halogens is 3. The second-order valence-electron chi connectivity index (χ2n) is 3.13. The van der Waals surface area contributed by atoms with E-state index in [4.69, 9.17) is 5.84 Å². The first-order chi connectivity index (χ1) is 8.13. The molecule has 0 bridgehead atoms. The van der Waals surface area contributed by atoms with Crippen molar-refractivity contribution in [1.82, 2.24) is 9.97 Å². The molecular formula is C10H7BrF2N4. The average molecular weight is 301 g/mol. The summed E-state index contributed by atoms with van der Waals surface area (Å²) in [5, 5.41) is 0. The van der Waals surface area contributed by atoms with Gasteiger partial charge in [0.2, 0.25) is 0 Å². The number of nitrogens with zero attached hydrogens (tertiary/aromatic N) is 2. The summed E-state index contributed by atoms with van der Waals surface area (Å²) >= 11 is 2.97. The van der Waals surface area contributed by atoms with Crippen molar-refractivity contribution in [2.24, 2.45) is 5.84 Å². The maximum Gasteiger partial charge on any atom is 0.173 e. The van der Waals surface area contributed by atoms with Gasteiger partial charge in [-0.25, -0.2) is 24.6 Å². The van der Waals surface area contributed by atoms with Gasteiger partial charge in [0.1, 0.15) is 5.82 Å². The van der Waals surface area contributed by atoms with Gasteiger partial charge in [-0.05, 0) is 28.1 Å². The highest BCUT2D eigenvalue weighted by Gasteiger charge is 2.14. The fourth-order valence-electron chi connectivity index (χ4n) is 1.27. The van der Waals surface area contributed by atoms with E-state index in [2.05, 4.69) is 31.3 Å². The van der Waals surface area contributed by atoms with Crippen LogP contribution in [-0.2, 0) is 0 Å². The first-order valence-electron chi connectivity index (χ1n) is 4.57. The van der Waals surface area contributed by atoms with Crippen molar-refractivity contribution >= 4 is 21.7 Å². The Morgan fingerprint density at radius 2 is 2.00 bits per heavy atom. The van der Waals surface area contributed by atoms with Crippen LogP contribution in [0.5, 0.6) is 0 Å². The van der Waals surface area contributed by atoms with Gasteiger partial charge in [0.25, 0.3) is 0 Å². The minimum Gasteiger partial charge on any atom is -0.308 e. The van der Waals surface area contributed by atoms with Gasteiger partial charge in [0.05, 0.1) is 4.47 Å². The normalized spacial score (nSPS) is 10.4. The van der Waals surface area contributed by atoms with E-state index in [1.807, 2.05) is 0 Å². The SMILES string of the molecule is NNc1ccnc(-c2ccc(F)c(F)c2Br)n1. The van der Waals surface area contributed by atoms with Crippen molar-refractivity contribution in [3.05, 3.63) is 40.5 Å². The van der Waals surface area contributed by atoms with Crippen molar-refractivity contribution in [3.63, 3.8) is 0 Å². The van der Waals surface area contributed by atoms with Crippen molar-refractivity contribution in [1.29, 1.82) is 0 Å². The number of hydrogen-bond donors (Lipinski definition) is 2. The lowest BCUT2D eigenvalue weighted by Gasteiger charge is -2.06. The van der Waals surface area contributed by atoms with Gasteiger partial charge < -0.3 is 5.43 Å². The number of hydrogen-bond acceptors (Lipinski definition) is 4. The molecule has 7 heteroatoms. The minimum atomic E-state index is -0.975. The van der Waals surface area contributed by atoms with E-state index in [0.29, 0.717) is 11.4 Å². The highest BCUT2D eigenvalue weighted by Crippen LogP contribution is 2.29. The molecule has 2 rings (SSSR count). The van der Waals surface area contributed by atoms with Crippen LogP contribution in [0.1, 0.15) is 0 Å². The Morgan fingerprint density at radius 3 is 2.71 bits per heavy atom. The minimum absolute atomic E-state index is 0.0216. The number of rotatable bonds is 2. The van der Waals surface area contributed by atoms with Crippen LogP contribution < -0.4 is 11.3 Å². The lowest BCUT2D eigenvalue weighted by Crippen LogP contribution is -2.09. The second-order valence-corrected chi connectivity index (χ2v) is 3.93. The molecule has 0 aliphatic rings. The Kier molecular flexibility index (Phi) is 3.30. The number of aromatic nitrogens is 2. The van der Waals surface area contributed by atoms with Crippen molar-refractivity contribution < 1.29 is 8.78 Å². The molecule has 0 aliphatic carbocycles. The third kappa shape index (κ3) is 2.25. The maximum atomic E-state index is 13.3. The maximum absolute atomic E-state index is 13.3. The van der Waals surface area contributed by atoms with Gasteiger partial charge in [-0.3, -0.25) is 0 Å². The molecule has 0 saturated carbocycles. The van der Waals surface area contributed by atoms with Crippen LogP contribution in [0.4, 0.5) is 14.6 Å². The van der Waals surface area contributed by atoms with Gasteiger partial charge >= 0.3 is 0 Å². The van der Waals surface area contributed by atoms with E-state index < -0.39 is 11.6 Å². The number of anilines is 1. The molecule has 88 valence electrons. The molecule has 0 atom stereocenters. The van der Waals surface area contributed by atoms with Crippen LogP contribution in [-0.4, -0.2) is 9.97 Å². The smallest absolute Gasteiger partial charge is 0.173 e. The summed E-state index contributed by atoms with van der Waals surface area (Å²) in [5.41, 5.74) is 2.70. The van der Waals surface area contributed by atoms with Crippen molar-refractivity contribution in [2.45, 2.75) is 0 Å². The molecule has 4 nitrogen and oxygen atoms in total. The first-order valence-corrected chi connectivity index (χ1v) is 5.36. The molecule has 0 aliphatic heterocycles. The fraction of sp³-hybridized carbons (Fsp3) is 0. The molecule has 2 aromatic rings. The van der Waals surface area contributed by atoms with Crippen LogP contribution in [0.15, 0.2) is 28.9 Å². The molecule has 3 N–H and O–H groups in total. The topological polar surface area (TPSA) is 63.8 Å². The molecule has 0 fully saturated rings. The Balaban J connectivity index is 2.56. The highest BCUT2D eigenvalue weighted by molar-refractivity contribution is 9.10. The predicted octanol–water partition coefficient (Wildman–Crippen LogP) is 2.47.